The fourth-order valence-electron chi connectivity index (χ4n) is 3.54. The molecule has 8 nitrogen and oxygen atoms in total. The maximum Gasteiger partial charge on any atom is 0.276 e. The van der Waals surface area contributed by atoms with Gasteiger partial charge in [0.25, 0.3) is 11.8 Å². The molecule has 0 atom stereocenters. The zero-order valence-electron chi connectivity index (χ0n) is 18.7. The third kappa shape index (κ3) is 5.29. The Morgan fingerprint density at radius 2 is 1.47 bits per heavy atom. The average molecular weight is 457 g/mol. The van der Waals surface area contributed by atoms with Gasteiger partial charge in [-0.15, -0.1) is 0 Å². The van der Waals surface area contributed by atoms with Crippen LogP contribution in [0.2, 0.25) is 0 Å². The van der Waals surface area contributed by atoms with E-state index in [1.54, 1.807) is 36.4 Å². The fourth-order valence-corrected chi connectivity index (χ4v) is 3.54. The smallest absolute Gasteiger partial charge is 0.276 e. The summed E-state index contributed by atoms with van der Waals surface area (Å²) < 4.78 is 7.28. The number of para-hydroxylation sites is 2. The van der Waals surface area contributed by atoms with Crippen molar-refractivity contribution in [3.8, 4) is 5.75 Å². The highest BCUT2D eigenvalue weighted by atomic mass is 16.5. The van der Waals surface area contributed by atoms with Crippen LogP contribution in [0.25, 0.3) is 11.0 Å². The number of nitrogens with zero attached hydrogens (tertiary/aromatic N) is 2. The van der Waals surface area contributed by atoms with Crippen LogP contribution in [0, 0.1) is 0 Å². The predicted octanol–water partition coefficient (Wildman–Crippen LogP) is 3.06. The van der Waals surface area contributed by atoms with Gasteiger partial charge in [0.1, 0.15) is 18.1 Å². The first-order valence-electron chi connectivity index (χ1n) is 10.9. The average Bonchev–Trinajstić information content (AvgIpc) is 3.24. The van der Waals surface area contributed by atoms with E-state index in [1.807, 2.05) is 54.0 Å². The van der Waals surface area contributed by atoms with Crippen LogP contribution in [0.1, 0.15) is 28.7 Å². The zero-order chi connectivity index (χ0) is 23.9. The molecule has 8 heteroatoms. The van der Waals surface area contributed by atoms with Gasteiger partial charge < -0.3 is 9.30 Å². The molecule has 2 N–H and O–H groups in total. The number of carbonyl (C=O) groups excluding carboxylic acids is 3. The second-order valence-corrected chi connectivity index (χ2v) is 7.56. The van der Waals surface area contributed by atoms with Crippen LogP contribution in [-0.2, 0) is 22.6 Å². The van der Waals surface area contributed by atoms with E-state index in [2.05, 4.69) is 15.8 Å². The molecule has 1 aromatic heterocycles. The van der Waals surface area contributed by atoms with E-state index in [1.165, 1.54) is 0 Å². The van der Waals surface area contributed by atoms with Gasteiger partial charge in [0.2, 0.25) is 0 Å². The first kappa shape index (κ1) is 22.7. The molecular formula is C26H24N4O4. The van der Waals surface area contributed by atoms with Crippen molar-refractivity contribution in [3.63, 3.8) is 0 Å². The van der Waals surface area contributed by atoms with Crippen molar-refractivity contribution in [2.75, 3.05) is 6.61 Å². The van der Waals surface area contributed by atoms with Crippen molar-refractivity contribution in [3.05, 3.63) is 95.8 Å². The summed E-state index contributed by atoms with van der Waals surface area (Å²) in [5.74, 6) is 0.243. The molecule has 0 fully saturated rings. The van der Waals surface area contributed by atoms with Crippen LogP contribution in [0.4, 0.5) is 0 Å². The second kappa shape index (κ2) is 10.4. The van der Waals surface area contributed by atoms with Gasteiger partial charge in [-0.25, -0.2) is 4.98 Å². The van der Waals surface area contributed by atoms with Gasteiger partial charge in [-0.05, 0) is 36.4 Å². The lowest BCUT2D eigenvalue weighted by atomic mass is 10.0. The minimum Gasteiger partial charge on any atom is -0.484 e. The van der Waals surface area contributed by atoms with E-state index in [-0.39, 0.29) is 24.8 Å². The van der Waals surface area contributed by atoms with Crippen LogP contribution >= 0.6 is 0 Å². The number of carbonyl (C=O) groups is 3. The standard InChI is InChI=1S/C26H24N4O4/c1-2-23-27-21-10-6-7-11-22(21)30(23)16-24(31)28-29-25(32)17-34-20-14-12-19(13-15-20)26(33)18-8-4-3-5-9-18/h3-15H,2,16-17H2,1H3,(H,28,31)(H,29,32). The lowest BCUT2D eigenvalue weighted by Gasteiger charge is -2.11. The Labute approximate surface area is 196 Å². The molecule has 0 aliphatic heterocycles. The Bertz CT molecular complexity index is 1310. The number of rotatable bonds is 8. The van der Waals surface area contributed by atoms with Crippen LogP contribution in [0.15, 0.2) is 78.9 Å². The summed E-state index contributed by atoms with van der Waals surface area (Å²) >= 11 is 0. The number of fused-ring (bicyclic) bond motifs is 1. The van der Waals surface area contributed by atoms with Crippen LogP contribution in [0.3, 0.4) is 0 Å². The van der Waals surface area contributed by atoms with Crippen LogP contribution in [-0.4, -0.2) is 33.8 Å². The number of ether oxygens (including phenoxy) is 1. The molecular weight excluding hydrogens is 432 g/mol. The molecule has 0 radical (unpaired) electrons. The number of hydrogen-bond acceptors (Lipinski definition) is 5. The normalized spacial score (nSPS) is 10.6. The fraction of sp³-hybridized carbons (Fsp3) is 0.154. The Morgan fingerprint density at radius 3 is 2.21 bits per heavy atom. The van der Waals surface area contributed by atoms with Gasteiger partial charge >= 0.3 is 0 Å². The molecule has 0 saturated heterocycles. The molecule has 2 amide bonds. The molecule has 172 valence electrons. The molecule has 3 aromatic carbocycles. The SMILES string of the molecule is CCc1nc2ccccc2n1CC(=O)NNC(=O)COc1ccc(C(=O)c2ccccc2)cc1. The monoisotopic (exact) mass is 456 g/mol. The molecule has 0 saturated carbocycles. The highest BCUT2D eigenvalue weighted by Gasteiger charge is 2.13. The van der Waals surface area contributed by atoms with Crippen molar-refractivity contribution in [2.45, 2.75) is 19.9 Å². The van der Waals surface area contributed by atoms with Gasteiger partial charge in [-0.3, -0.25) is 25.2 Å². The molecule has 34 heavy (non-hydrogen) atoms. The number of nitrogens with one attached hydrogen (secondary N) is 2. The molecule has 4 rings (SSSR count). The minimum atomic E-state index is -0.510. The van der Waals surface area contributed by atoms with E-state index >= 15 is 0 Å². The first-order chi connectivity index (χ1) is 16.5. The molecule has 0 spiro atoms. The summed E-state index contributed by atoms with van der Waals surface area (Å²) in [6, 6.07) is 23.1. The summed E-state index contributed by atoms with van der Waals surface area (Å²) in [4.78, 5) is 41.4. The van der Waals surface area contributed by atoms with Gasteiger partial charge in [0.15, 0.2) is 12.4 Å². The molecule has 0 unspecified atom stereocenters. The van der Waals surface area contributed by atoms with Gasteiger partial charge in [-0.1, -0.05) is 49.4 Å². The Balaban J connectivity index is 1.26. The van der Waals surface area contributed by atoms with Crippen molar-refractivity contribution >= 4 is 28.6 Å². The summed E-state index contributed by atoms with van der Waals surface area (Å²) in [5.41, 5.74) is 7.55. The van der Waals surface area contributed by atoms with Crippen molar-refractivity contribution in [1.82, 2.24) is 20.4 Å². The summed E-state index contributed by atoms with van der Waals surface area (Å²) in [6.07, 6.45) is 0.678. The van der Waals surface area contributed by atoms with Crippen LogP contribution in [0.5, 0.6) is 5.75 Å². The Kier molecular flexibility index (Phi) is 6.98. The van der Waals surface area contributed by atoms with Gasteiger partial charge in [0.05, 0.1) is 11.0 Å². The molecule has 0 bridgehead atoms. The lowest BCUT2D eigenvalue weighted by molar-refractivity contribution is -0.130. The Morgan fingerprint density at radius 1 is 0.824 bits per heavy atom. The summed E-state index contributed by atoms with van der Waals surface area (Å²) in [6.45, 7) is 1.71. The molecule has 1 heterocycles. The highest BCUT2D eigenvalue weighted by Crippen LogP contribution is 2.17. The minimum absolute atomic E-state index is 0.0295. The lowest BCUT2D eigenvalue weighted by Crippen LogP contribution is -2.45. The Hall–Kier alpha value is -4.46. The topological polar surface area (TPSA) is 102 Å². The molecule has 0 aliphatic rings. The van der Waals surface area contributed by atoms with E-state index in [0.717, 1.165) is 16.9 Å². The highest BCUT2D eigenvalue weighted by molar-refractivity contribution is 6.09. The zero-order valence-corrected chi connectivity index (χ0v) is 18.7. The number of ketones is 1. The summed E-state index contributed by atoms with van der Waals surface area (Å²) in [7, 11) is 0. The first-order valence-corrected chi connectivity index (χ1v) is 10.9. The van der Waals surface area contributed by atoms with Gasteiger partial charge in [0, 0.05) is 17.5 Å². The van der Waals surface area contributed by atoms with Crippen molar-refractivity contribution in [2.24, 2.45) is 0 Å². The van der Waals surface area contributed by atoms with E-state index in [0.29, 0.717) is 23.3 Å². The largest absolute Gasteiger partial charge is 0.484 e. The van der Waals surface area contributed by atoms with Crippen molar-refractivity contribution < 1.29 is 19.1 Å². The number of benzene rings is 3. The maximum absolute atomic E-state index is 12.4. The third-order valence-electron chi connectivity index (χ3n) is 5.22. The molecule has 4 aromatic rings. The number of hydrogen-bond donors (Lipinski definition) is 2. The quantitative estimate of drug-likeness (QED) is 0.313. The van der Waals surface area contributed by atoms with Gasteiger partial charge in [-0.2, -0.15) is 0 Å². The van der Waals surface area contributed by atoms with E-state index < -0.39 is 5.91 Å². The number of aryl methyl sites for hydroxylation is 1. The van der Waals surface area contributed by atoms with Crippen molar-refractivity contribution in [1.29, 1.82) is 0 Å². The third-order valence-corrected chi connectivity index (χ3v) is 5.22. The van der Waals surface area contributed by atoms with E-state index in [4.69, 9.17) is 4.74 Å². The number of hydrazine groups is 1. The number of imidazole rings is 1. The molecule has 0 aliphatic carbocycles. The second-order valence-electron chi connectivity index (χ2n) is 7.56. The predicted molar refractivity (Wildman–Crippen MR) is 127 cm³/mol. The van der Waals surface area contributed by atoms with E-state index in [9.17, 15) is 14.4 Å². The van der Waals surface area contributed by atoms with Crippen LogP contribution < -0.4 is 15.6 Å². The number of amides is 2. The number of aromatic nitrogens is 2. The summed E-state index contributed by atoms with van der Waals surface area (Å²) in [5, 5.41) is 0. The maximum atomic E-state index is 12.4.